The molecule has 7 nitrogen and oxygen atoms in total. The molecule has 1 aliphatic heterocycles. The van der Waals surface area contributed by atoms with Crippen LogP contribution in [-0.2, 0) is 4.74 Å². The van der Waals surface area contributed by atoms with Gasteiger partial charge in [0.05, 0.1) is 25.1 Å². The molecule has 1 saturated heterocycles. The highest BCUT2D eigenvalue weighted by molar-refractivity contribution is 5.68. The zero-order chi connectivity index (χ0) is 15.4. The third-order valence-electron chi connectivity index (χ3n) is 3.30. The number of anilines is 2. The second-order valence-corrected chi connectivity index (χ2v) is 5.19. The number of piperazine rings is 1. The Morgan fingerprint density at radius 2 is 2.00 bits per heavy atom. The molecule has 0 spiro atoms. The van der Waals surface area contributed by atoms with Crippen molar-refractivity contribution in [2.75, 3.05) is 43.9 Å². The number of nitrogens with two attached hydrogens (primary N) is 1. The molecule has 2 heterocycles. The number of carbonyl (C=O) groups excluding carboxylic acids is 1. The summed E-state index contributed by atoms with van der Waals surface area (Å²) in [6.07, 6.45) is 1.35. The van der Waals surface area contributed by atoms with Gasteiger partial charge in [-0.3, -0.25) is 0 Å². The van der Waals surface area contributed by atoms with Crippen LogP contribution in [-0.4, -0.2) is 55.4 Å². The molecule has 0 aromatic carbocycles. The minimum Gasteiger partial charge on any atom is -0.494 e. The van der Waals surface area contributed by atoms with E-state index in [-0.39, 0.29) is 12.2 Å². The summed E-state index contributed by atoms with van der Waals surface area (Å²) in [5.74, 6) is 1.12. The fraction of sp³-hybridized carbons (Fsp3) is 0.571. The van der Waals surface area contributed by atoms with Crippen LogP contribution in [0.2, 0.25) is 0 Å². The van der Waals surface area contributed by atoms with Gasteiger partial charge in [0.2, 0.25) is 0 Å². The number of hydrogen-bond donors (Lipinski definition) is 1. The maximum absolute atomic E-state index is 11.9. The Morgan fingerprint density at radius 1 is 1.33 bits per heavy atom. The van der Waals surface area contributed by atoms with Crippen molar-refractivity contribution < 1.29 is 14.3 Å². The molecule has 0 atom stereocenters. The molecule has 1 aromatic rings. The minimum atomic E-state index is -0.257. The molecule has 0 radical (unpaired) electrons. The SMILES string of the molecule is COc1cc(N)ncc1N1CCN(C(=O)OC(C)C)CC1. The maximum atomic E-state index is 11.9. The zero-order valence-electron chi connectivity index (χ0n) is 12.7. The van der Waals surface area contributed by atoms with Gasteiger partial charge in [0.15, 0.2) is 0 Å². The molecule has 1 aromatic heterocycles. The van der Waals surface area contributed by atoms with Crippen molar-refractivity contribution >= 4 is 17.6 Å². The van der Waals surface area contributed by atoms with Crippen molar-refractivity contribution in [3.63, 3.8) is 0 Å². The second-order valence-electron chi connectivity index (χ2n) is 5.19. The van der Waals surface area contributed by atoms with E-state index in [2.05, 4.69) is 9.88 Å². The van der Waals surface area contributed by atoms with Crippen LogP contribution >= 0.6 is 0 Å². The van der Waals surface area contributed by atoms with E-state index in [0.717, 1.165) is 5.69 Å². The first-order chi connectivity index (χ1) is 10.0. The van der Waals surface area contributed by atoms with Gasteiger partial charge in [-0.05, 0) is 13.8 Å². The molecular weight excluding hydrogens is 272 g/mol. The molecular formula is C14H22N4O3. The van der Waals surface area contributed by atoms with Gasteiger partial charge in [0, 0.05) is 32.2 Å². The number of aromatic nitrogens is 1. The Bertz CT molecular complexity index is 499. The topological polar surface area (TPSA) is 80.9 Å². The number of carbonyl (C=O) groups is 1. The largest absolute Gasteiger partial charge is 0.494 e. The van der Waals surface area contributed by atoms with Crippen LogP contribution in [0.25, 0.3) is 0 Å². The number of nitrogen functional groups attached to an aromatic ring is 1. The van der Waals surface area contributed by atoms with Crippen molar-refractivity contribution in [2.24, 2.45) is 0 Å². The quantitative estimate of drug-likeness (QED) is 0.906. The molecule has 0 bridgehead atoms. The average molecular weight is 294 g/mol. The third kappa shape index (κ3) is 3.68. The predicted molar refractivity (Wildman–Crippen MR) is 80.6 cm³/mol. The fourth-order valence-electron chi connectivity index (χ4n) is 2.25. The summed E-state index contributed by atoms with van der Waals surface area (Å²) in [6, 6.07) is 1.70. The normalized spacial score (nSPS) is 15.2. The van der Waals surface area contributed by atoms with Gasteiger partial charge in [-0.2, -0.15) is 0 Å². The van der Waals surface area contributed by atoms with Gasteiger partial charge in [0.1, 0.15) is 11.6 Å². The van der Waals surface area contributed by atoms with E-state index in [9.17, 15) is 4.79 Å². The third-order valence-corrected chi connectivity index (χ3v) is 3.30. The van der Waals surface area contributed by atoms with E-state index >= 15 is 0 Å². The van der Waals surface area contributed by atoms with E-state index in [1.165, 1.54) is 0 Å². The summed E-state index contributed by atoms with van der Waals surface area (Å²) in [7, 11) is 1.61. The molecule has 2 N–H and O–H groups in total. The first kappa shape index (κ1) is 15.2. The Kier molecular flexibility index (Phi) is 4.72. The molecule has 0 saturated carbocycles. The highest BCUT2D eigenvalue weighted by Gasteiger charge is 2.24. The first-order valence-corrected chi connectivity index (χ1v) is 7.01. The Labute approximate surface area is 124 Å². The lowest BCUT2D eigenvalue weighted by Gasteiger charge is -2.36. The Balaban J connectivity index is 1.99. The number of hydrogen-bond acceptors (Lipinski definition) is 6. The molecule has 2 rings (SSSR count). The molecule has 0 unspecified atom stereocenters. The van der Waals surface area contributed by atoms with Gasteiger partial charge in [0.25, 0.3) is 0 Å². The molecule has 116 valence electrons. The predicted octanol–water partition coefficient (Wildman–Crippen LogP) is 1.34. The second kappa shape index (κ2) is 6.51. The maximum Gasteiger partial charge on any atom is 0.410 e. The smallest absolute Gasteiger partial charge is 0.410 e. The number of rotatable bonds is 3. The molecule has 1 aliphatic rings. The highest BCUT2D eigenvalue weighted by Crippen LogP contribution is 2.29. The van der Waals surface area contributed by atoms with Crippen molar-refractivity contribution in [2.45, 2.75) is 20.0 Å². The number of pyridine rings is 1. The molecule has 21 heavy (non-hydrogen) atoms. The zero-order valence-corrected chi connectivity index (χ0v) is 12.7. The summed E-state index contributed by atoms with van der Waals surface area (Å²) in [5, 5.41) is 0. The minimum absolute atomic E-state index is 0.100. The van der Waals surface area contributed by atoms with Gasteiger partial charge in [-0.1, -0.05) is 0 Å². The van der Waals surface area contributed by atoms with Crippen LogP contribution in [0.3, 0.4) is 0 Å². The monoisotopic (exact) mass is 294 g/mol. The highest BCUT2D eigenvalue weighted by atomic mass is 16.6. The molecule has 1 fully saturated rings. The number of methoxy groups -OCH3 is 1. The van der Waals surface area contributed by atoms with E-state index < -0.39 is 0 Å². The van der Waals surface area contributed by atoms with Crippen molar-refractivity contribution in [1.82, 2.24) is 9.88 Å². The van der Waals surface area contributed by atoms with Gasteiger partial charge in [-0.25, -0.2) is 9.78 Å². The summed E-state index contributed by atoms with van der Waals surface area (Å²) >= 11 is 0. The van der Waals surface area contributed by atoms with Crippen LogP contribution < -0.4 is 15.4 Å². The lowest BCUT2D eigenvalue weighted by molar-refractivity contribution is 0.0751. The van der Waals surface area contributed by atoms with Crippen LogP contribution in [0.4, 0.5) is 16.3 Å². The molecule has 1 amide bonds. The van der Waals surface area contributed by atoms with E-state index in [1.807, 2.05) is 13.8 Å². The number of ether oxygens (including phenoxy) is 2. The first-order valence-electron chi connectivity index (χ1n) is 7.01. The summed E-state index contributed by atoms with van der Waals surface area (Å²) in [4.78, 5) is 19.8. The van der Waals surface area contributed by atoms with Gasteiger partial charge >= 0.3 is 6.09 Å². The van der Waals surface area contributed by atoms with E-state index in [4.69, 9.17) is 15.2 Å². The van der Waals surface area contributed by atoms with E-state index in [1.54, 1.807) is 24.3 Å². The van der Waals surface area contributed by atoms with Crippen LogP contribution in [0, 0.1) is 0 Å². The van der Waals surface area contributed by atoms with Crippen molar-refractivity contribution in [1.29, 1.82) is 0 Å². The Hall–Kier alpha value is -2.18. The molecule has 0 aliphatic carbocycles. The molecule has 7 heteroatoms. The average Bonchev–Trinajstić information content (AvgIpc) is 2.46. The fourth-order valence-corrected chi connectivity index (χ4v) is 2.25. The lowest BCUT2D eigenvalue weighted by Crippen LogP contribution is -2.49. The summed E-state index contributed by atoms with van der Waals surface area (Å²) < 4.78 is 10.5. The number of amides is 1. The van der Waals surface area contributed by atoms with E-state index in [0.29, 0.717) is 37.7 Å². The van der Waals surface area contributed by atoms with Gasteiger partial charge < -0.3 is 25.0 Å². The van der Waals surface area contributed by atoms with Gasteiger partial charge in [-0.15, -0.1) is 0 Å². The van der Waals surface area contributed by atoms with Crippen molar-refractivity contribution in [3.05, 3.63) is 12.3 Å². The Morgan fingerprint density at radius 3 is 2.57 bits per heavy atom. The van der Waals surface area contributed by atoms with Crippen LogP contribution in [0.1, 0.15) is 13.8 Å². The standard InChI is InChI=1S/C14H22N4O3/c1-10(2)21-14(19)18-6-4-17(5-7-18)11-9-16-13(15)8-12(11)20-3/h8-10H,4-7H2,1-3H3,(H2,15,16). The lowest BCUT2D eigenvalue weighted by atomic mass is 10.2. The van der Waals surface area contributed by atoms with Crippen molar-refractivity contribution in [3.8, 4) is 5.75 Å². The van der Waals surface area contributed by atoms with Crippen LogP contribution in [0.15, 0.2) is 12.3 Å². The number of nitrogens with zero attached hydrogens (tertiary/aromatic N) is 3. The summed E-state index contributed by atoms with van der Waals surface area (Å²) in [6.45, 7) is 6.32. The summed E-state index contributed by atoms with van der Waals surface area (Å²) in [5.41, 5.74) is 6.55. The van der Waals surface area contributed by atoms with Crippen LogP contribution in [0.5, 0.6) is 5.75 Å².